The van der Waals surface area contributed by atoms with E-state index in [0.29, 0.717) is 0 Å². The van der Waals surface area contributed by atoms with Crippen LogP contribution in [0.4, 0.5) is 4.39 Å². The molecule has 0 aliphatic carbocycles. The molecule has 2 aliphatic heterocycles. The Bertz CT molecular complexity index is 1040. The molecule has 126 valence electrons. The van der Waals surface area contributed by atoms with Gasteiger partial charge in [-0.2, -0.15) is 0 Å². The largest absolute Gasteiger partial charge is 0.493 e. The predicted octanol–water partition coefficient (Wildman–Crippen LogP) is 3.33. The Labute approximate surface area is 151 Å². The summed E-state index contributed by atoms with van der Waals surface area (Å²) in [5, 5.41) is 2.68. The van der Waals surface area contributed by atoms with E-state index in [4.69, 9.17) is 25.2 Å². The standard InChI is InChI=1S/C19H20FNO3/c20-15-3-1-13(2-4-15)17-7-8-21-10-14(17)11-22-16-5-6-18-19(9-16)24-12-23-18/h1-6,9,14,17,21H,7-8,10-12H2/t14-,17?/m1/s1/i7D2,11D2,12D2,14D,17D. The van der Waals surface area contributed by atoms with Gasteiger partial charge in [-0.3, -0.25) is 0 Å². The van der Waals surface area contributed by atoms with Crippen molar-refractivity contribution in [2.24, 2.45) is 5.89 Å². The molecule has 0 amide bonds. The van der Waals surface area contributed by atoms with Crippen molar-refractivity contribution in [1.29, 1.82) is 0 Å². The number of ether oxygens (including phenoxy) is 3. The zero-order valence-electron chi connectivity index (χ0n) is 20.6. The lowest BCUT2D eigenvalue weighted by Crippen LogP contribution is -2.38. The summed E-state index contributed by atoms with van der Waals surface area (Å²) in [5.74, 6) is -5.69. The number of hydrogen-bond acceptors (Lipinski definition) is 4. The van der Waals surface area contributed by atoms with E-state index in [1.54, 1.807) is 0 Å². The molecule has 2 atom stereocenters. The van der Waals surface area contributed by atoms with Crippen molar-refractivity contribution in [1.82, 2.24) is 5.32 Å². The van der Waals surface area contributed by atoms with Gasteiger partial charge in [0, 0.05) is 24.0 Å². The summed E-state index contributed by atoms with van der Waals surface area (Å²) >= 11 is 0. The quantitative estimate of drug-likeness (QED) is 0.929. The van der Waals surface area contributed by atoms with E-state index in [1.165, 1.54) is 30.3 Å². The summed E-state index contributed by atoms with van der Waals surface area (Å²) in [6, 6.07) is 8.21. The molecule has 1 unspecified atom stereocenters. The number of halogens is 1. The van der Waals surface area contributed by atoms with Crippen LogP contribution >= 0.6 is 0 Å². The first-order chi connectivity index (χ1) is 14.7. The number of benzene rings is 2. The van der Waals surface area contributed by atoms with Crippen molar-refractivity contribution in [3.63, 3.8) is 0 Å². The second-order valence-electron chi connectivity index (χ2n) is 5.24. The van der Waals surface area contributed by atoms with Crippen molar-refractivity contribution in [2.75, 3.05) is 26.4 Å². The summed E-state index contributed by atoms with van der Waals surface area (Å²) < 4.78 is 95.9. The Balaban J connectivity index is 1.74. The van der Waals surface area contributed by atoms with E-state index in [1.807, 2.05) is 0 Å². The second-order valence-corrected chi connectivity index (χ2v) is 5.24. The maximum absolute atomic E-state index is 13.5. The van der Waals surface area contributed by atoms with Gasteiger partial charge in [-0.25, -0.2) is 4.39 Å². The molecular formula is C19H20FNO3. The van der Waals surface area contributed by atoms with Crippen LogP contribution in [0, 0.1) is 11.7 Å². The Kier molecular flexibility index (Phi) is 2.43. The van der Waals surface area contributed by atoms with Gasteiger partial charge in [0.1, 0.15) is 14.3 Å². The maximum atomic E-state index is 13.5. The number of piperidine rings is 1. The van der Waals surface area contributed by atoms with E-state index in [2.05, 4.69) is 5.32 Å². The fourth-order valence-electron chi connectivity index (χ4n) is 2.46. The molecule has 0 bridgehead atoms. The molecule has 2 aromatic rings. The van der Waals surface area contributed by atoms with E-state index < -0.39 is 43.8 Å². The first-order valence-electron chi connectivity index (χ1n) is 11.4. The molecular weight excluding hydrogens is 309 g/mol. The number of rotatable bonds is 4. The highest BCUT2D eigenvalue weighted by molar-refractivity contribution is 5.46. The molecule has 4 rings (SSSR count). The van der Waals surface area contributed by atoms with Gasteiger partial charge < -0.3 is 19.5 Å². The highest BCUT2D eigenvalue weighted by Crippen LogP contribution is 2.36. The van der Waals surface area contributed by atoms with Gasteiger partial charge in [0.2, 0.25) is 6.75 Å². The van der Waals surface area contributed by atoms with Crippen LogP contribution in [0.25, 0.3) is 0 Å². The van der Waals surface area contributed by atoms with Crippen LogP contribution in [0.2, 0.25) is 0 Å². The molecule has 24 heavy (non-hydrogen) atoms. The number of hydrogen-bond donors (Lipinski definition) is 1. The minimum Gasteiger partial charge on any atom is -0.493 e. The maximum Gasteiger partial charge on any atom is 0.231 e. The van der Waals surface area contributed by atoms with Gasteiger partial charge in [-0.05, 0) is 48.6 Å². The fourth-order valence-corrected chi connectivity index (χ4v) is 2.46. The van der Waals surface area contributed by atoms with Crippen LogP contribution in [0.1, 0.15) is 28.8 Å². The van der Waals surface area contributed by atoms with Gasteiger partial charge in [0.15, 0.2) is 11.5 Å². The summed E-state index contributed by atoms with van der Waals surface area (Å²) in [4.78, 5) is 0. The SMILES string of the molecule is [2H]C1([2H])Oc2ccc(OC([2H])([2H])[C@@]3([2H])CNCC([2H])([2H])C3([2H])c3ccc(F)cc3)cc2O1. The summed E-state index contributed by atoms with van der Waals surface area (Å²) in [6.07, 6.45) is -2.41. The predicted molar refractivity (Wildman–Crippen MR) is 88.2 cm³/mol. The Morgan fingerprint density at radius 2 is 2.08 bits per heavy atom. The van der Waals surface area contributed by atoms with Crippen LogP contribution in [0.5, 0.6) is 17.2 Å². The minimum absolute atomic E-state index is 0.0323. The lowest BCUT2D eigenvalue weighted by molar-refractivity contribution is 0.173. The van der Waals surface area contributed by atoms with E-state index in [-0.39, 0.29) is 29.4 Å². The zero-order chi connectivity index (χ0) is 23.6. The third-order valence-corrected chi connectivity index (χ3v) is 3.64. The Hall–Kier alpha value is -2.27. The molecule has 2 aromatic carbocycles. The van der Waals surface area contributed by atoms with Gasteiger partial charge in [-0.15, -0.1) is 0 Å². The van der Waals surface area contributed by atoms with E-state index >= 15 is 0 Å². The molecule has 1 saturated heterocycles. The minimum atomic E-state index is -2.92. The van der Waals surface area contributed by atoms with Gasteiger partial charge in [0.25, 0.3) is 0 Å². The number of fused-ring (bicyclic) bond motifs is 1. The van der Waals surface area contributed by atoms with Gasteiger partial charge >= 0.3 is 0 Å². The third-order valence-electron chi connectivity index (χ3n) is 3.64. The van der Waals surface area contributed by atoms with Crippen LogP contribution in [0.15, 0.2) is 42.5 Å². The number of nitrogens with one attached hydrogen (secondary N) is 1. The summed E-state index contributed by atoms with van der Waals surface area (Å²) in [5.41, 5.74) is -0.0632. The molecule has 0 aromatic heterocycles. The Morgan fingerprint density at radius 1 is 1.25 bits per heavy atom. The van der Waals surface area contributed by atoms with E-state index in [9.17, 15) is 4.39 Å². The van der Waals surface area contributed by atoms with Crippen molar-refractivity contribution < 1.29 is 29.6 Å². The van der Waals surface area contributed by atoms with Gasteiger partial charge in [-0.1, -0.05) is 12.1 Å². The molecule has 2 heterocycles. The van der Waals surface area contributed by atoms with E-state index in [0.717, 1.165) is 12.1 Å². The zero-order valence-corrected chi connectivity index (χ0v) is 12.6. The Morgan fingerprint density at radius 3 is 2.96 bits per heavy atom. The van der Waals surface area contributed by atoms with Gasteiger partial charge in [0.05, 0.1) is 9.30 Å². The summed E-state index contributed by atoms with van der Waals surface area (Å²) in [7, 11) is 0. The first kappa shape index (κ1) is 8.72. The highest BCUT2D eigenvalue weighted by atomic mass is 19.1. The highest BCUT2D eigenvalue weighted by Gasteiger charge is 2.27. The average Bonchev–Trinajstić information content (AvgIpc) is 2.99. The molecule has 2 aliphatic rings. The fraction of sp³-hybridized carbons (Fsp3) is 0.368. The van der Waals surface area contributed by atoms with Crippen LogP contribution in [-0.2, 0) is 0 Å². The normalized spacial score (nSPS) is 38.2. The van der Waals surface area contributed by atoms with Crippen molar-refractivity contribution >= 4 is 0 Å². The van der Waals surface area contributed by atoms with Crippen molar-refractivity contribution in [3.05, 3.63) is 53.8 Å². The molecule has 0 spiro atoms. The van der Waals surface area contributed by atoms with Crippen LogP contribution < -0.4 is 19.5 Å². The summed E-state index contributed by atoms with van der Waals surface area (Å²) in [6.45, 7) is -6.05. The average molecular weight is 337 g/mol. The van der Waals surface area contributed by atoms with Crippen molar-refractivity contribution in [3.8, 4) is 17.2 Å². The first-order valence-corrected chi connectivity index (χ1v) is 7.39. The molecule has 1 fully saturated rings. The molecule has 0 saturated carbocycles. The van der Waals surface area contributed by atoms with Crippen LogP contribution in [-0.4, -0.2) is 26.4 Å². The second kappa shape index (κ2) is 6.69. The van der Waals surface area contributed by atoms with Crippen molar-refractivity contribution in [2.45, 2.75) is 12.3 Å². The molecule has 1 N–H and O–H groups in total. The lowest BCUT2D eigenvalue weighted by Gasteiger charge is -2.32. The smallest absolute Gasteiger partial charge is 0.231 e. The monoisotopic (exact) mass is 337 g/mol. The molecule has 5 heteroatoms. The molecule has 0 radical (unpaired) electrons. The molecule has 4 nitrogen and oxygen atoms in total. The third kappa shape index (κ3) is 3.17. The topological polar surface area (TPSA) is 39.7 Å². The van der Waals surface area contributed by atoms with Crippen LogP contribution in [0.3, 0.4) is 0 Å². The lowest BCUT2D eigenvalue weighted by atomic mass is 9.81.